The van der Waals surface area contributed by atoms with Crippen molar-refractivity contribution < 1.29 is 9.59 Å². The first-order valence-corrected chi connectivity index (χ1v) is 2.75. The Hall–Kier alpha value is -1.39. The molecule has 0 saturated carbocycles. The van der Waals surface area contributed by atoms with Crippen LogP contribution in [0.3, 0.4) is 0 Å². The van der Waals surface area contributed by atoms with Gasteiger partial charge in [0.05, 0.1) is 0 Å². The summed E-state index contributed by atoms with van der Waals surface area (Å²) in [5.41, 5.74) is 5.19. The first-order valence-electron chi connectivity index (χ1n) is 2.75. The molecule has 0 radical (unpaired) electrons. The number of hydrogen-bond acceptors (Lipinski definition) is 3. The normalized spacial score (nSPS) is 19.3. The van der Waals surface area contributed by atoms with Gasteiger partial charge in [0.15, 0.2) is 0 Å². The first-order chi connectivity index (χ1) is 4.61. The van der Waals surface area contributed by atoms with Gasteiger partial charge >= 0.3 is 0 Å². The Kier molecular flexibility index (Phi) is 1.41. The summed E-state index contributed by atoms with van der Waals surface area (Å²) in [5.74, 6) is -0.806. The van der Waals surface area contributed by atoms with E-state index in [1.165, 1.54) is 7.05 Å². The molecule has 0 fully saturated rings. The van der Waals surface area contributed by atoms with Crippen LogP contribution in [0, 0.1) is 0 Å². The van der Waals surface area contributed by atoms with Gasteiger partial charge in [-0.05, 0) is 0 Å². The molecule has 0 aromatic rings. The number of aliphatic imine (C=N–C) groups is 1. The van der Waals surface area contributed by atoms with E-state index in [1.54, 1.807) is 0 Å². The summed E-state index contributed by atoms with van der Waals surface area (Å²) in [4.78, 5) is 25.8. The molecular weight excluding hydrogens is 134 g/mol. The zero-order valence-electron chi connectivity index (χ0n) is 5.50. The van der Waals surface area contributed by atoms with Crippen LogP contribution in [0.1, 0.15) is 6.42 Å². The summed E-state index contributed by atoms with van der Waals surface area (Å²) in [5, 5.41) is 0. The second kappa shape index (κ2) is 2.09. The molecule has 0 aromatic heterocycles. The van der Waals surface area contributed by atoms with Crippen molar-refractivity contribution in [2.24, 2.45) is 10.7 Å². The topological polar surface area (TPSA) is 75.8 Å². The highest BCUT2D eigenvalue weighted by molar-refractivity contribution is 6.12. The van der Waals surface area contributed by atoms with E-state index in [0.717, 1.165) is 4.90 Å². The van der Waals surface area contributed by atoms with Crippen molar-refractivity contribution in [3.8, 4) is 0 Å². The maximum absolute atomic E-state index is 10.8. The van der Waals surface area contributed by atoms with Gasteiger partial charge < -0.3 is 5.73 Å². The van der Waals surface area contributed by atoms with E-state index in [0.29, 0.717) is 0 Å². The molecule has 1 heterocycles. The summed E-state index contributed by atoms with van der Waals surface area (Å²) in [6.07, 6.45) is -0.169. The molecule has 0 spiro atoms. The molecule has 1 aliphatic rings. The molecule has 0 unspecified atom stereocenters. The van der Waals surface area contributed by atoms with Crippen molar-refractivity contribution in [2.45, 2.75) is 6.42 Å². The van der Waals surface area contributed by atoms with Crippen LogP contribution in [0.2, 0.25) is 0 Å². The second-order valence-corrected chi connectivity index (χ2v) is 1.99. The number of carbonyl (C=O) groups excluding carboxylic acids is 2. The van der Waals surface area contributed by atoms with Crippen LogP contribution in [-0.2, 0) is 9.59 Å². The van der Waals surface area contributed by atoms with Crippen molar-refractivity contribution in [3.63, 3.8) is 0 Å². The Bertz CT molecular complexity index is 221. The van der Waals surface area contributed by atoms with E-state index in [-0.39, 0.29) is 18.3 Å². The van der Waals surface area contributed by atoms with Gasteiger partial charge in [-0.15, -0.1) is 0 Å². The molecule has 10 heavy (non-hydrogen) atoms. The fourth-order valence-electron chi connectivity index (χ4n) is 0.618. The van der Waals surface area contributed by atoms with Gasteiger partial charge in [0.2, 0.25) is 11.9 Å². The molecule has 1 rings (SSSR count). The highest BCUT2D eigenvalue weighted by Crippen LogP contribution is 1.99. The molecule has 0 aliphatic carbocycles. The van der Waals surface area contributed by atoms with Gasteiger partial charge in [-0.2, -0.15) is 4.99 Å². The standard InChI is InChI=1S/C5H7N3O2/c1-8-4(10)2-3(9)7-5(8)6/h2H2,1H3,(H2,6,7,9). The van der Waals surface area contributed by atoms with Gasteiger partial charge in [0, 0.05) is 7.05 Å². The van der Waals surface area contributed by atoms with E-state index in [4.69, 9.17) is 5.73 Å². The Morgan fingerprint density at radius 3 is 2.70 bits per heavy atom. The summed E-state index contributed by atoms with van der Waals surface area (Å²) >= 11 is 0. The predicted molar refractivity (Wildman–Crippen MR) is 34.0 cm³/mol. The molecule has 0 bridgehead atoms. The van der Waals surface area contributed by atoms with Crippen molar-refractivity contribution >= 4 is 17.8 Å². The summed E-state index contributed by atoms with van der Waals surface area (Å²) in [6.45, 7) is 0. The number of hydrogen-bond donors (Lipinski definition) is 1. The minimum atomic E-state index is -0.472. The molecule has 0 atom stereocenters. The van der Waals surface area contributed by atoms with Gasteiger partial charge in [0.25, 0.3) is 5.91 Å². The Morgan fingerprint density at radius 1 is 1.60 bits per heavy atom. The Morgan fingerprint density at radius 2 is 2.20 bits per heavy atom. The van der Waals surface area contributed by atoms with Crippen LogP contribution in [0.5, 0.6) is 0 Å². The number of amides is 2. The van der Waals surface area contributed by atoms with Crippen LogP contribution in [0.4, 0.5) is 0 Å². The number of nitrogens with zero attached hydrogens (tertiary/aromatic N) is 2. The Labute approximate surface area is 57.5 Å². The molecule has 1 aliphatic heterocycles. The SMILES string of the molecule is CN1C(=O)CC(=O)N=C1N. The van der Waals surface area contributed by atoms with E-state index in [1.807, 2.05) is 0 Å². The quantitative estimate of drug-likeness (QED) is 0.425. The zero-order chi connectivity index (χ0) is 7.72. The lowest BCUT2D eigenvalue weighted by Crippen LogP contribution is -2.43. The highest BCUT2D eigenvalue weighted by atomic mass is 16.2. The third-order valence-corrected chi connectivity index (χ3v) is 1.26. The van der Waals surface area contributed by atoms with Gasteiger partial charge in [0.1, 0.15) is 6.42 Å². The van der Waals surface area contributed by atoms with Crippen LogP contribution < -0.4 is 5.73 Å². The fraction of sp³-hybridized carbons (Fsp3) is 0.400. The minimum Gasteiger partial charge on any atom is -0.369 e. The van der Waals surface area contributed by atoms with Gasteiger partial charge in [-0.1, -0.05) is 0 Å². The third kappa shape index (κ3) is 0.975. The van der Waals surface area contributed by atoms with E-state index >= 15 is 0 Å². The molecule has 2 amide bonds. The first kappa shape index (κ1) is 6.73. The lowest BCUT2D eigenvalue weighted by Gasteiger charge is -2.18. The maximum atomic E-state index is 10.8. The fourth-order valence-corrected chi connectivity index (χ4v) is 0.618. The molecule has 0 aromatic carbocycles. The summed E-state index contributed by atoms with van der Waals surface area (Å²) in [6, 6.07) is 0. The van der Waals surface area contributed by atoms with Gasteiger partial charge in [-0.3, -0.25) is 14.5 Å². The number of rotatable bonds is 0. The van der Waals surface area contributed by atoms with Crippen molar-refractivity contribution in [1.29, 1.82) is 0 Å². The van der Waals surface area contributed by atoms with E-state index in [2.05, 4.69) is 4.99 Å². The molecule has 5 heteroatoms. The predicted octanol–water partition coefficient (Wildman–Crippen LogP) is -1.31. The third-order valence-electron chi connectivity index (χ3n) is 1.26. The molecular formula is C5H7N3O2. The van der Waals surface area contributed by atoms with Crippen molar-refractivity contribution in [3.05, 3.63) is 0 Å². The highest BCUT2D eigenvalue weighted by Gasteiger charge is 2.21. The summed E-state index contributed by atoms with van der Waals surface area (Å²) < 4.78 is 0. The van der Waals surface area contributed by atoms with Gasteiger partial charge in [-0.25, -0.2) is 0 Å². The number of guanidine groups is 1. The lowest BCUT2D eigenvalue weighted by molar-refractivity contribution is -0.132. The smallest absolute Gasteiger partial charge is 0.258 e. The minimum absolute atomic E-state index is 0.0266. The largest absolute Gasteiger partial charge is 0.369 e. The lowest BCUT2D eigenvalue weighted by atomic mass is 10.3. The maximum Gasteiger partial charge on any atom is 0.258 e. The average molecular weight is 141 g/mol. The zero-order valence-corrected chi connectivity index (χ0v) is 5.50. The molecule has 0 saturated heterocycles. The van der Waals surface area contributed by atoms with Crippen LogP contribution >= 0.6 is 0 Å². The van der Waals surface area contributed by atoms with Crippen molar-refractivity contribution in [2.75, 3.05) is 7.05 Å². The average Bonchev–Trinajstić information content (AvgIpc) is 1.82. The van der Waals surface area contributed by atoms with Crippen molar-refractivity contribution in [1.82, 2.24) is 4.90 Å². The number of carbonyl (C=O) groups is 2. The second-order valence-electron chi connectivity index (χ2n) is 1.99. The molecule has 54 valence electrons. The van der Waals surface area contributed by atoms with Crippen LogP contribution in [0.25, 0.3) is 0 Å². The Balaban J connectivity index is 2.91. The van der Waals surface area contributed by atoms with Crippen LogP contribution in [-0.4, -0.2) is 29.7 Å². The monoisotopic (exact) mass is 141 g/mol. The summed E-state index contributed by atoms with van der Waals surface area (Å²) in [7, 11) is 1.48. The van der Waals surface area contributed by atoms with Crippen LogP contribution in [0.15, 0.2) is 4.99 Å². The molecule has 2 N–H and O–H groups in total. The number of nitrogens with two attached hydrogens (primary N) is 1. The van der Waals surface area contributed by atoms with E-state index < -0.39 is 5.91 Å². The van der Waals surface area contributed by atoms with E-state index in [9.17, 15) is 9.59 Å². The molecule has 5 nitrogen and oxygen atoms in total.